The Bertz CT molecular complexity index is 692. The number of nitrogens with zero attached hydrogens (tertiary/aromatic N) is 3. The number of aromatic nitrogens is 2. The molecule has 1 aliphatic rings. The van der Waals surface area contributed by atoms with Gasteiger partial charge in [0.25, 0.3) is 0 Å². The van der Waals surface area contributed by atoms with E-state index in [9.17, 15) is 4.39 Å². The van der Waals surface area contributed by atoms with Crippen molar-refractivity contribution >= 4 is 11.5 Å². The molecule has 0 saturated heterocycles. The Kier molecular flexibility index (Phi) is 4.80. The van der Waals surface area contributed by atoms with Crippen molar-refractivity contribution in [1.82, 2.24) is 9.97 Å². The van der Waals surface area contributed by atoms with E-state index in [0.717, 1.165) is 12.8 Å². The van der Waals surface area contributed by atoms with Crippen LogP contribution in [-0.2, 0) is 0 Å². The highest BCUT2D eigenvalue weighted by Gasteiger charge is 2.09. The van der Waals surface area contributed by atoms with E-state index in [1.807, 2.05) is 0 Å². The molecule has 0 bridgehead atoms. The van der Waals surface area contributed by atoms with Crippen LogP contribution in [0.3, 0.4) is 0 Å². The molecule has 1 aromatic carbocycles. The number of nitrogens with one attached hydrogen (secondary N) is 1. The number of hydrogen-bond donors (Lipinski definition) is 1. The molecule has 1 N–H and O–H groups in total. The topological polar surface area (TPSA) is 59.4 Å². The van der Waals surface area contributed by atoms with E-state index in [4.69, 9.17) is 4.74 Å². The van der Waals surface area contributed by atoms with E-state index in [-0.39, 0.29) is 5.82 Å². The van der Waals surface area contributed by atoms with Gasteiger partial charge in [-0.3, -0.25) is 10.4 Å². The fourth-order valence-electron chi connectivity index (χ4n) is 2.56. The monoisotopic (exact) mass is 314 g/mol. The molecule has 0 radical (unpaired) electrons. The van der Waals surface area contributed by atoms with Gasteiger partial charge in [-0.15, -0.1) is 0 Å². The van der Waals surface area contributed by atoms with Gasteiger partial charge in [0.2, 0.25) is 0 Å². The number of ether oxygens (including phenoxy) is 1. The van der Waals surface area contributed by atoms with Crippen molar-refractivity contribution in [3.8, 4) is 17.0 Å². The highest BCUT2D eigenvalue weighted by atomic mass is 19.1. The van der Waals surface area contributed by atoms with Crippen molar-refractivity contribution in [2.45, 2.75) is 32.1 Å². The van der Waals surface area contributed by atoms with E-state index >= 15 is 0 Å². The maximum atomic E-state index is 13.9. The van der Waals surface area contributed by atoms with Gasteiger partial charge in [-0.1, -0.05) is 6.42 Å². The van der Waals surface area contributed by atoms with Crippen molar-refractivity contribution < 1.29 is 9.13 Å². The Morgan fingerprint density at radius 3 is 2.65 bits per heavy atom. The summed E-state index contributed by atoms with van der Waals surface area (Å²) >= 11 is 0. The fraction of sp³-hybridized carbons (Fsp3) is 0.353. The minimum atomic E-state index is -0.358. The van der Waals surface area contributed by atoms with Crippen LogP contribution in [0.15, 0.2) is 35.7 Å². The number of halogens is 1. The lowest BCUT2D eigenvalue weighted by atomic mass is 9.99. The van der Waals surface area contributed by atoms with E-state index in [1.54, 1.807) is 25.4 Å². The third-order valence-corrected chi connectivity index (χ3v) is 3.86. The third-order valence-electron chi connectivity index (χ3n) is 3.86. The van der Waals surface area contributed by atoms with Gasteiger partial charge in [-0.05, 0) is 43.9 Å². The van der Waals surface area contributed by atoms with E-state index < -0.39 is 0 Å². The fourth-order valence-corrected chi connectivity index (χ4v) is 2.56. The lowest BCUT2D eigenvalue weighted by molar-refractivity contribution is 0.414. The summed E-state index contributed by atoms with van der Waals surface area (Å²) in [5.41, 5.74) is 4.91. The second kappa shape index (κ2) is 7.17. The second-order valence-corrected chi connectivity index (χ2v) is 5.48. The summed E-state index contributed by atoms with van der Waals surface area (Å²) in [4.78, 5) is 8.51. The number of hydrazone groups is 1. The van der Waals surface area contributed by atoms with Crippen molar-refractivity contribution in [2.24, 2.45) is 5.10 Å². The van der Waals surface area contributed by atoms with Crippen LogP contribution in [0.25, 0.3) is 11.3 Å². The van der Waals surface area contributed by atoms with Crippen molar-refractivity contribution in [1.29, 1.82) is 0 Å². The molecular weight excluding hydrogens is 295 g/mol. The molecule has 6 heteroatoms. The van der Waals surface area contributed by atoms with Gasteiger partial charge in [-0.2, -0.15) is 5.10 Å². The summed E-state index contributed by atoms with van der Waals surface area (Å²) in [6, 6.07) is 4.54. The van der Waals surface area contributed by atoms with Gasteiger partial charge < -0.3 is 4.74 Å². The maximum absolute atomic E-state index is 13.9. The standard InChI is InChI=1S/C17H19FN4O/c1-23-13-7-8-15(18)14(9-13)16-10-20-17(11-19-16)22-21-12-5-3-2-4-6-12/h7-11H,2-6H2,1H3,(H,20,22). The Labute approximate surface area is 134 Å². The lowest BCUT2D eigenvalue weighted by Crippen LogP contribution is -2.07. The quantitative estimate of drug-likeness (QED) is 0.866. The molecule has 0 aliphatic heterocycles. The Morgan fingerprint density at radius 1 is 1.13 bits per heavy atom. The zero-order chi connectivity index (χ0) is 16.1. The van der Waals surface area contributed by atoms with Gasteiger partial charge in [0.15, 0.2) is 5.82 Å². The number of methoxy groups -OCH3 is 1. The predicted octanol–water partition coefficient (Wildman–Crippen LogP) is 4.02. The van der Waals surface area contributed by atoms with E-state index in [1.165, 1.54) is 37.2 Å². The first-order valence-corrected chi connectivity index (χ1v) is 7.73. The zero-order valence-corrected chi connectivity index (χ0v) is 13.1. The zero-order valence-electron chi connectivity index (χ0n) is 13.1. The minimum Gasteiger partial charge on any atom is -0.497 e. The Hall–Kier alpha value is -2.50. The SMILES string of the molecule is COc1ccc(F)c(-c2cnc(NN=C3CCCCC3)cn2)c1. The summed E-state index contributed by atoms with van der Waals surface area (Å²) in [5.74, 6) is 0.771. The van der Waals surface area contributed by atoms with Crippen LogP contribution in [0.2, 0.25) is 0 Å². The smallest absolute Gasteiger partial charge is 0.164 e. The Balaban J connectivity index is 1.74. The number of rotatable bonds is 4. The van der Waals surface area contributed by atoms with Crippen LogP contribution < -0.4 is 10.2 Å². The van der Waals surface area contributed by atoms with Crippen molar-refractivity contribution in [3.63, 3.8) is 0 Å². The average Bonchev–Trinajstić information content (AvgIpc) is 2.62. The van der Waals surface area contributed by atoms with Crippen LogP contribution in [-0.4, -0.2) is 22.8 Å². The first kappa shape index (κ1) is 15.4. The lowest BCUT2D eigenvalue weighted by Gasteiger charge is -2.12. The van der Waals surface area contributed by atoms with Crippen molar-refractivity contribution in [2.75, 3.05) is 12.5 Å². The molecular formula is C17H19FN4O. The van der Waals surface area contributed by atoms with Crippen LogP contribution in [0, 0.1) is 5.82 Å². The largest absolute Gasteiger partial charge is 0.497 e. The molecule has 1 aromatic heterocycles. The Morgan fingerprint density at radius 2 is 1.96 bits per heavy atom. The summed E-state index contributed by atoms with van der Waals surface area (Å²) < 4.78 is 19.0. The van der Waals surface area contributed by atoms with Crippen molar-refractivity contribution in [3.05, 3.63) is 36.4 Å². The first-order chi connectivity index (χ1) is 11.3. The molecule has 3 rings (SSSR count). The van der Waals surface area contributed by atoms with Crippen LogP contribution >= 0.6 is 0 Å². The number of anilines is 1. The summed E-state index contributed by atoms with van der Waals surface area (Å²) in [6.45, 7) is 0. The normalized spacial score (nSPS) is 14.4. The maximum Gasteiger partial charge on any atom is 0.164 e. The van der Waals surface area contributed by atoms with Gasteiger partial charge in [-0.25, -0.2) is 9.37 Å². The highest BCUT2D eigenvalue weighted by molar-refractivity contribution is 5.85. The average molecular weight is 314 g/mol. The molecule has 5 nitrogen and oxygen atoms in total. The van der Waals surface area contributed by atoms with Gasteiger partial charge in [0.1, 0.15) is 11.6 Å². The second-order valence-electron chi connectivity index (χ2n) is 5.48. The number of hydrogen-bond acceptors (Lipinski definition) is 5. The summed E-state index contributed by atoms with van der Waals surface area (Å²) in [5, 5.41) is 4.37. The molecule has 0 spiro atoms. The molecule has 0 amide bonds. The highest BCUT2D eigenvalue weighted by Crippen LogP contribution is 2.25. The summed E-state index contributed by atoms with van der Waals surface area (Å²) in [7, 11) is 1.54. The molecule has 23 heavy (non-hydrogen) atoms. The van der Waals surface area contributed by atoms with E-state index in [2.05, 4.69) is 20.5 Å². The first-order valence-electron chi connectivity index (χ1n) is 7.73. The predicted molar refractivity (Wildman–Crippen MR) is 88.1 cm³/mol. The van der Waals surface area contributed by atoms with Gasteiger partial charge in [0.05, 0.1) is 25.2 Å². The van der Waals surface area contributed by atoms with E-state index in [0.29, 0.717) is 22.8 Å². The molecule has 1 saturated carbocycles. The van der Waals surface area contributed by atoms with Gasteiger partial charge in [0, 0.05) is 11.3 Å². The molecule has 1 heterocycles. The number of benzene rings is 1. The molecule has 120 valence electrons. The molecule has 1 fully saturated rings. The minimum absolute atomic E-state index is 0.358. The molecule has 0 unspecified atom stereocenters. The molecule has 2 aromatic rings. The van der Waals surface area contributed by atoms with Gasteiger partial charge >= 0.3 is 0 Å². The van der Waals surface area contributed by atoms with Crippen LogP contribution in [0.5, 0.6) is 5.75 Å². The molecule has 1 aliphatic carbocycles. The van der Waals surface area contributed by atoms with Crippen LogP contribution in [0.1, 0.15) is 32.1 Å². The molecule has 0 atom stereocenters. The third kappa shape index (κ3) is 3.83. The van der Waals surface area contributed by atoms with Crippen LogP contribution in [0.4, 0.5) is 10.2 Å². The summed E-state index contributed by atoms with van der Waals surface area (Å²) in [6.07, 6.45) is 8.82.